The van der Waals surface area contributed by atoms with Crippen molar-refractivity contribution in [1.29, 1.82) is 0 Å². The van der Waals surface area contributed by atoms with Crippen molar-refractivity contribution >= 4 is 5.65 Å². The molecule has 5 rings (SSSR count). The van der Waals surface area contributed by atoms with Crippen LogP contribution in [0.15, 0.2) is 36.7 Å². The molecule has 136 valence electrons. The van der Waals surface area contributed by atoms with Crippen molar-refractivity contribution in [3.8, 4) is 11.4 Å². The molecule has 2 atom stereocenters. The maximum absolute atomic E-state index is 4.96. The van der Waals surface area contributed by atoms with Gasteiger partial charge in [0.15, 0.2) is 11.5 Å². The third kappa shape index (κ3) is 2.40. The summed E-state index contributed by atoms with van der Waals surface area (Å²) in [4.78, 5) is 14.1. The Labute approximate surface area is 157 Å². The van der Waals surface area contributed by atoms with Gasteiger partial charge in [0.25, 0.3) is 0 Å². The smallest absolute Gasteiger partial charge is 0.177 e. The van der Waals surface area contributed by atoms with E-state index in [1.54, 1.807) is 0 Å². The molecule has 1 aliphatic heterocycles. The molecule has 1 aromatic carbocycles. The molecule has 0 bridgehead atoms. The molecule has 0 saturated carbocycles. The number of fused-ring (bicyclic) bond motifs is 4. The first-order valence-corrected chi connectivity index (χ1v) is 9.37. The summed E-state index contributed by atoms with van der Waals surface area (Å²) in [6, 6.07) is 8.50. The zero-order valence-electron chi connectivity index (χ0n) is 16.0. The van der Waals surface area contributed by atoms with Crippen LogP contribution in [-0.4, -0.2) is 29.1 Å². The first-order valence-electron chi connectivity index (χ1n) is 9.37. The highest BCUT2D eigenvalue weighted by Crippen LogP contribution is 2.36. The minimum absolute atomic E-state index is 0.162. The highest BCUT2D eigenvalue weighted by atomic mass is 15.3. The van der Waals surface area contributed by atoms with Crippen LogP contribution in [0.4, 0.5) is 0 Å². The summed E-state index contributed by atoms with van der Waals surface area (Å²) >= 11 is 0. The molecule has 6 nitrogen and oxygen atoms in total. The number of nitrogens with zero attached hydrogens (tertiary/aromatic N) is 6. The maximum atomic E-state index is 4.96. The van der Waals surface area contributed by atoms with Crippen molar-refractivity contribution in [2.75, 3.05) is 0 Å². The SMILES string of the molecule is Cc1ncc(C)n2nc([C@@H](C)[C@@H](C)c3cn4c(n3)-c3ccccc3C4)nc12. The van der Waals surface area contributed by atoms with Gasteiger partial charge in [0, 0.05) is 36.3 Å². The summed E-state index contributed by atoms with van der Waals surface area (Å²) in [5.41, 5.74) is 6.41. The number of aryl methyl sites for hydroxylation is 2. The first kappa shape index (κ1) is 16.2. The van der Waals surface area contributed by atoms with E-state index in [1.165, 1.54) is 11.1 Å². The molecule has 0 unspecified atom stereocenters. The monoisotopic (exact) mass is 358 g/mol. The summed E-state index contributed by atoms with van der Waals surface area (Å²) in [6.07, 6.45) is 4.02. The van der Waals surface area contributed by atoms with Crippen LogP contribution >= 0.6 is 0 Å². The Hall–Kier alpha value is -3.02. The molecular formula is C21H22N6. The van der Waals surface area contributed by atoms with Gasteiger partial charge in [-0.15, -0.1) is 0 Å². The number of imidazole rings is 1. The third-order valence-electron chi connectivity index (χ3n) is 5.74. The summed E-state index contributed by atoms with van der Waals surface area (Å²) in [5, 5.41) is 4.75. The molecule has 1 aliphatic rings. The van der Waals surface area contributed by atoms with Crippen LogP contribution in [0.1, 0.15) is 54.2 Å². The minimum atomic E-state index is 0.162. The molecule has 4 heterocycles. The van der Waals surface area contributed by atoms with E-state index in [0.29, 0.717) is 0 Å². The van der Waals surface area contributed by atoms with Crippen LogP contribution in [0.5, 0.6) is 0 Å². The van der Waals surface area contributed by atoms with Gasteiger partial charge in [0.1, 0.15) is 5.82 Å². The number of hydrogen-bond donors (Lipinski definition) is 0. The largest absolute Gasteiger partial charge is 0.326 e. The van der Waals surface area contributed by atoms with Crippen LogP contribution in [0, 0.1) is 13.8 Å². The van der Waals surface area contributed by atoms with Gasteiger partial charge in [-0.1, -0.05) is 38.1 Å². The lowest BCUT2D eigenvalue weighted by Crippen LogP contribution is -2.08. The number of benzene rings is 1. The van der Waals surface area contributed by atoms with Crippen LogP contribution in [0.3, 0.4) is 0 Å². The molecular weight excluding hydrogens is 336 g/mol. The Balaban J connectivity index is 1.50. The van der Waals surface area contributed by atoms with E-state index in [4.69, 9.17) is 15.1 Å². The lowest BCUT2D eigenvalue weighted by molar-refractivity contribution is 0.576. The Morgan fingerprint density at radius 2 is 1.85 bits per heavy atom. The van der Waals surface area contributed by atoms with Gasteiger partial charge < -0.3 is 4.57 Å². The first-order chi connectivity index (χ1) is 13.0. The van der Waals surface area contributed by atoms with Gasteiger partial charge in [-0.2, -0.15) is 5.10 Å². The second-order valence-corrected chi connectivity index (χ2v) is 7.54. The Kier molecular flexibility index (Phi) is 3.44. The molecule has 0 saturated heterocycles. The molecule has 0 radical (unpaired) electrons. The van der Waals surface area contributed by atoms with E-state index in [2.05, 4.69) is 53.9 Å². The van der Waals surface area contributed by atoms with Crippen molar-refractivity contribution in [2.45, 2.75) is 46.1 Å². The van der Waals surface area contributed by atoms with E-state index >= 15 is 0 Å². The summed E-state index contributed by atoms with van der Waals surface area (Å²) in [6.45, 7) is 9.26. The molecule has 6 heteroatoms. The molecule has 0 fully saturated rings. The zero-order chi connectivity index (χ0) is 18.7. The average Bonchev–Trinajstić information content (AvgIpc) is 3.36. The normalized spacial score (nSPS) is 15.0. The van der Waals surface area contributed by atoms with E-state index in [9.17, 15) is 0 Å². The van der Waals surface area contributed by atoms with Crippen LogP contribution in [0.25, 0.3) is 17.0 Å². The number of rotatable bonds is 3. The Morgan fingerprint density at radius 3 is 2.67 bits per heavy atom. The molecule has 0 spiro atoms. The predicted octanol–water partition coefficient (Wildman–Crippen LogP) is 3.87. The standard InChI is InChI=1S/C21H22N6/c1-12-9-22-15(4)20-24-19(25-27(12)20)14(3)13(2)18-11-26-10-16-7-5-6-8-17(16)21(26)23-18/h5-9,11,13-14H,10H2,1-4H3/t13-,14+/m1/s1. The lowest BCUT2D eigenvalue weighted by Gasteiger charge is -2.14. The molecule has 3 aromatic heterocycles. The van der Waals surface area contributed by atoms with Gasteiger partial charge in [-0.3, -0.25) is 4.98 Å². The number of aromatic nitrogens is 6. The molecule has 0 aliphatic carbocycles. The van der Waals surface area contributed by atoms with Crippen molar-refractivity contribution in [1.82, 2.24) is 29.1 Å². The molecule has 27 heavy (non-hydrogen) atoms. The van der Waals surface area contributed by atoms with E-state index in [1.807, 2.05) is 24.6 Å². The summed E-state index contributed by atoms with van der Waals surface area (Å²) in [7, 11) is 0. The second-order valence-electron chi connectivity index (χ2n) is 7.54. The zero-order valence-corrected chi connectivity index (χ0v) is 16.0. The average molecular weight is 358 g/mol. The quantitative estimate of drug-likeness (QED) is 0.491. The lowest BCUT2D eigenvalue weighted by atomic mass is 9.92. The van der Waals surface area contributed by atoms with Crippen LogP contribution in [0.2, 0.25) is 0 Å². The van der Waals surface area contributed by atoms with Crippen LogP contribution in [-0.2, 0) is 6.54 Å². The van der Waals surface area contributed by atoms with Crippen molar-refractivity contribution in [2.24, 2.45) is 0 Å². The van der Waals surface area contributed by atoms with E-state index in [0.717, 1.165) is 40.9 Å². The van der Waals surface area contributed by atoms with Gasteiger partial charge in [0.05, 0.1) is 17.1 Å². The minimum Gasteiger partial charge on any atom is -0.326 e. The van der Waals surface area contributed by atoms with Crippen LogP contribution < -0.4 is 0 Å². The maximum Gasteiger partial charge on any atom is 0.177 e. The van der Waals surface area contributed by atoms with Gasteiger partial charge in [0.2, 0.25) is 0 Å². The fourth-order valence-corrected chi connectivity index (χ4v) is 3.83. The van der Waals surface area contributed by atoms with Gasteiger partial charge in [-0.25, -0.2) is 14.5 Å². The highest BCUT2D eigenvalue weighted by Gasteiger charge is 2.27. The summed E-state index contributed by atoms with van der Waals surface area (Å²) < 4.78 is 4.14. The van der Waals surface area contributed by atoms with Crippen molar-refractivity contribution in [3.63, 3.8) is 0 Å². The third-order valence-corrected chi connectivity index (χ3v) is 5.74. The summed E-state index contributed by atoms with van der Waals surface area (Å²) in [5.74, 6) is 2.30. The van der Waals surface area contributed by atoms with E-state index in [-0.39, 0.29) is 11.8 Å². The molecule has 0 amide bonds. The van der Waals surface area contributed by atoms with Gasteiger partial charge >= 0.3 is 0 Å². The van der Waals surface area contributed by atoms with Crippen molar-refractivity contribution in [3.05, 3.63) is 65.1 Å². The molecule has 0 N–H and O–H groups in total. The van der Waals surface area contributed by atoms with Gasteiger partial charge in [-0.05, 0) is 19.4 Å². The Morgan fingerprint density at radius 1 is 1.04 bits per heavy atom. The fourth-order valence-electron chi connectivity index (χ4n) is 3.83. The topological polar surface area (TPSA) is 60.9 Å². The predicted molar refractivity (Wildman–Crippen MR) is 104 cm³/mol. The number of hydrogen-bond acceptors (Lipinski definition) is 4. The Bertz CT molecular complexity index is 1130. The second kappa shape index (κ2) is 5.74. The fraction of sp³-hybridized carbons (Fsp3) is 0.333. The van der Waals surface area contributed by atoms with Crippen molar-refractivity contribution < 1.29 is 0 Å². The molecule has 4 aromatic rings. The highest BCUT2D eigenvalue weighted by molar-refractivity contribution is 5.65. The van der Waals surface area contributed by atoms with E-state index < -0.39 is 0 Å².